The summed E-state index contributed by atoms with van der Waals surface area (Å²) >= 11 is 6.28. The van der Waals surface area contributed by atoms with E-state index in [1.54, 1.807) is 32.9 Å². The first-order valence-electron chi connectivity index (χ1n) is 5.79. The molecule has 96 valence electrons. The second kappa shape index (κ2) is 4.09. The minimum Gasteiger partial charge on any atom is -0.458 e. The van der Waals surface area contributed by atoms with E-state index in [9.17, 15) is 9.59 Å². The van der Waals surface area contributed by atoms with E-state index in [-0.39, 0.29) is 12.2 Å². The van der Waals surface area contributed by atoms with Crippen LogP contribution in [0.5, 0.6) is 0 Å². The van der Waals surface area contributed by atoms with Gasteiger partial charge in [0.15, 0.2) is 5.78 Å². The van der Waals surface area contributed by atoms with Gasteiger partial charge in [-0.2, -0.15) is 0 Å². The number of benzene rings is 1. The van der Waals surface area contributed by atoms with Crippen LogP contribution >= 0.6 is 11.6 Å². The molecule has 0 bridgehead atoms. The molecule has 1 aliphatic rings. The van der Waals surface area contributed by atoms with Crippen LogP contribution in [0.1, 0.15) is 31.9 Å². The number of ether oxygens (including phenoxy) is 1. The molecule has 4 heteroatoms. The largest absolute Gasteiger partial charge is 0.458 e. The fourth-order valence-corrected chi connectivity index (χ4v) is 2.32. The highest BCUT2D eigenvalue weighted by molar-refractivity contribution is 6.46. The highest BCUT2D eigenvalue weighted by atomic mass is 35.5. The maximum absolute atomic E-state index is 12.2. The normalized spacial score (nSPS) is 22.8. The van der Waals surface area contributed by atoms with Gasteiger partial charge in [-0.3, -0.25) is 4.79 Å². The van der Waals surface area contributed by atoms with Crippen molar-refractivity contribution in [3.05, 3.63) is 35.4 Å². The predicted molar refractivity (Wildman–Crippen MR) is 68.5 cm³/mol. The minimum absolute atomic E-state index is 0.179. The number of ketones is 1. The Bertz CT molecular complexity index is 516. The van der Waals surface area contributed by atoms with Crippen LogP contribution in [-0.4, -0.2) is 17.4 Å². The second-order valence-electron chi connectivity index (χ2n) is 5.42. The highest BCUT2D eigenvalue weighted by Crippen LogP contribution is 2.41. The van der Waals surface area contributed by atoms with Crippen molar-refractivity contribution in [2.24, 2.45) is 0 Å². The molecular formula is C14H15ClO3. The molecule has 0 radical (unpaired) electrons. The van der Waals surface area contributed by atoms with E-state index in [2.05, 4.69) is 0 Å². The Balaban J connectivity index is 2.42. The van der Waals surface area contributed by atoms with Gasteiger partial charge in [0.2, 0.25) is 4.87 Å². The number of hydrogen-bond acceptors (Lipinski definition) is 3. The molecule has 0 amide bonds. The number of carbonyl (C=O) groups excluding carboxylic acids is 2. The van der Waals surface area contributed by atoms with Crippen LogP contribution in [0.3, 0.4) is 0 Å². The molecule has 0 N–H and O–H groups in total. The Hall–Kier alpha value is -1.35. The first kappa shape index (κ1) is 13.1. The maximum atomic E-state index is 12.2. The van der Waals surface area contributed by atoms with Gasteiger partial charge in [-0.15, -0.1) is 0 Å². The maximum Gasteiger partial charge on any atom is 0.340 e. The van der Waals surface area contributed by atoms with E-state index < -0.39 is 16.4 Å². The van der Waals surface area contributed by atoms with Gasteiger partial charge in [-0.1, -0.05) is 35.9 Å². The first-order valence-corrected chi connectivity index (χ1v) is 6.17. The average Bonchev–Trinajstić information content (AvgIpc) is 2.51. The molecule has 0 heterocycles. The van der Waals surface area contributed by atoms with Gasteiger partial charge in [0, 0.05) is 6.42 Å². The van der Waals surface area contributed by atoms with Crippen LogP contribution in [0.4, 0.5) is 0 Å². The summed E-state index contributed by atoms with van der Waals surface area (Å²) in [5.74, 6) is -1.01. The molecule has 1 aromatic carbocycles. The predicted octanol–water partition coefficient (Wildman–Crippen LogP) is 2.59. The number of fused-ring (bicyclic) bond motifs is 1. The summed E-state index contributed by atoms with van der Waals surface area (Å²) in [6.45, 7) is 5.24. The summed E-state index contributed by atoms with van der Waals surface area (Å²) in [6, 6.07) is 7.10. The molecular weight excluding hydrogens is 252 g/mol. The van der Waals surface area contributed by atoms with E-state index in [1.165, 1.54) is 0 Å². The summed E-state index contributed by atoms with van der Waals surface area (Å²) in [5.41, 5.74) is 0.672. The number of esters is 1. The van der Waals surface area contributed by atoms with Crippen molar-refractivity contribution in [2.75, 3.05) is 0 Å². The van der Waals surface area contributed by atoms with Gasteiger partial charge in [-0.25, -0.2) is 4.79 Å². The molecule has 0 aliphatic heterocycles. The number of carbonyl (C=O) groups is 2. The lowest BCUT2D eigenvalue weighted by atomic mass is 9.99. The number of halogens is 1. The van der Waals surface area contributed by atoms with Gasteiger partial charge in [0.25, 0.3) is 0 Å². The summed E-state index contributed by atoms with van der Waals surface area (Å²) < 4.78 is 5.26. The van der Waals surface area contributed by atoms with Crippen molar-refractivity contribution < 1.29 is 14.3 Å². The van der Waals surface area contributed by atoms with E-state index >= 15 is 0 Å². The standard InChI is InChI=1S/C14H15ClO3/c1-13(2,3)18-12(17)14(15)10-7-5-4-6-9(10)8-11(14)16/h4-7H,8H2,1-3H3. The van der Waals surface area contributed by atoms with Gasteiger partial charge < -0.3 is 4.74 Å². The number of alkyl halides is 1. The van der Waals surface area contributed by atoms with E-state index in [0.717, 1.165) is 5.56 Å². The lowest BCUT2D eigenvalue weighted by Crippen LogP contribution is -2.40. The molecule has 0 saturated heterocycles. The van der Waals surface area contributed by atoms with Crippen LogP contribution in [-0.2, 0) is 25.6 Å². The van der Waals surface area contributed by atoms with E-state index in [0.29, 0.717) is 5.56 Å². The highest BCUT2D eigenvalue weighted by Gasteiger charge is 2.53. The monoisotopic (exact) mass is 266 g/mol. The lowest BCUT2D eigenvalue weighted by molar-refractivity contribution is -0.160. The zero-order chi connectivity index (χ0) is 13.6. The summed E-state index contributed by atoms with van der Waals surface area (Å²) in [5, 5.41) is 0. The van der Waals surface area contributed by atoms with Gasteiger partial charge >= 0.3 is 5.97 Å². The molecule has 1 unspecified atom stereocenters. The van der Waals surface area contributed by atoms with Crippen molar-refractivity contribution in [3.63, 3.8) is 0 Å². The Morgan fingerprint density at radius 3 is 2.56 bits per heavy atom. The molecule has 0 fully saturated rings. The second-order valence-corrected chi connectivity index (χ2v) is 5.98. The Morgan fingerprint density at radius 1 is 1.33 bits per heavy atom. The summed E-state index contributed by atoms with van der Waals surface area (Å²) in [4.78, 5) is 22.6. The van der Waals surface area contributed by atoms with Crippen LogP contribution in [0, 0.1) is 0 Å². The van der Waals surface area contributed by atoms with Gasteiger partial charge in [-0.05, 0) is 31.9 Å². The lowest BCUT2D eigenvalue weighted by Gasteiger charge is -2.26. The van der Waals surface area contributed by atoms with Crippen molar-refractivity contribution in [1.82, 2.24) is 0 Å². The Morgan fingerprint density at radius 2 is 1.94 bits per heavy atom. The molecule has 2 rings (SSSR count). The molecule has 18 heavy (non-hydrogen) atoms. The molecule has 0 spiro atoms. The average molecular weight is 267 g/mol. The van der Waals surface area contributed by atoms with Crippen molar-refractivity contribution >= 4 is 23.4 Å². The van der Waals surface area contributed by atoms with Crippen LogP contribution in [0.2, 0.25) is 0 Å². The Kier molecular flexibility index (Phi) is 2.98. The summed E-state index contributed by atoms with van der Waals surface area (Å²) in [7, 11) is 0. The third-order valence-electron chi connectivity index (χ3n) is 2.80. The third-order valence-corrected chi connectivity index (χ3v) is 3.37. The number of rotatable bonds is 1. The molecule has 0 aromatic heterocycles. The Labute approximate surface area is 111 Å². The van der Waals surface area contributed by atoms with Gasteiger partial charge in [0.1, 0.15) is 5.60 Å². The van der Waals surface area contributed by atoms with Crippen molar-refractivity contribution in [1.29, 1.82) is 0 Å². The first-order chi connectivity index (χ1) is 8.25. The topological polar surface area (TPSA) is 43.4 Å². The SMILES string of the molecule is CC(C)(C)OC(=O)C1(Cl)C(=O)Cc2ccccc21. The van der Waals surface area contributed by atoms with Gasteiger partial charge in [0.05, 0.1) is 0 Å². The molecule has 3 nitrogen and oxygen atoms in total. The quantitative estimate of drug-likeness (QED) is 0.446. The fourth-order valence-electron chi connectivity index (χ4n) is 2.03. The molecule has 1 aromatic rings. The van der Waals surface area contributed by atoms with Crippen LogP contribution in [0.25, 0.3) is 0 Å². The third kappa shape index (κ3) is 2.03. The molecule has 0 saturated carbocycles. The molecule has 1 aliphatic carbocycles. The fraction of sp³-hybridized carbons (Fsp3) is 0.429. The summed E-state index contributed by atoms with van der Waals surface area (Å²) in [6.07, 6.45) is 0.179. The molecule has 1 atom stereocenters. The zero-order valence-electron chi connectivity index (χ0n) is 10.6. The van der Waals surface area contributed by atoms with Crippen LogP contribution in [0.15, 0.2) is 24.3 Å². The van der Waals surface area contributed by atoms with E-state index in [1.807, 2.05) is 12.1 Å². The minimum atomic E-state index is -1.68. The van der Waals surface area contributed by atoms with Crippen molar-refractivity contribution in [2.45, 2.75) is 37.7 Å². The number of hydrogen-bond donors (Lipinski definition) is 0. The number of Topliss-reactive ketones (excluding diaryl/α,β-unsaturated/α-hetero) is 1. The van der Waals surface area contributed by atoms with Crippen molar-refractivity contribution in [3.8, 4) is 0 Å². The smallest absolute Gasteiger partial charge is 0.340 e. The van der Waals surface area contributed by atoms with Crippen LogP contribution < -0.4 is 0 Å². The zero-order valence-corrected chi connectivity index (χ0v) is 11.4. The van der Waals surface area contributed by atoms with E-state index in [4.69, 9.17) is 16.3 Å².